The number of nitrogens with zero attached hydrogens (tertiary/aromatic N) is 3. The fourth-order valence-corrected chi connectivity index (χ4v) is 3.44. The summed E-state index contributed by atoms with van der Waals surface area (Å²) >= 11 is 5.97. The van der Waals surface area contributed by atoms with Crippen molar-refractivity contribution in [3.8, 4) is 5.69 Å². The maximum atomic E-state index is 13.3. The van der Waals surface area contributed by atoms with Crippen LogP contribution < -0.4 is 16.6 Å². The summed E-state index contributed by atoms with van der Waals surface area (Å²) in [7, 11) is 0. The van der Waals surface area contributed by atoms with Crippen molar-refractivity contribution < 1.29 is 4.79 Å². The Kier molecular flexibility index (Phi) is 6.00. The zero-order valence-electron chi connectivity index (χ0n) is 17.1. The highest BCUT2D eigenvalue weighted by molar-refractivity contribution is 6.30. The number of hydrogen-bond acceptors (Lipinski definition) is 4. The predicted molar refractivity (Wildman–Crippen MR) is 124 cm³/mol. The van der Waals surface area contributed by atoms with E-state index in [2.05, 4.69) is 10.4 Å². The van der Waals surface area contributed by atoms with E-state index < -0.39 is 28.9 Å². The fourth-order valence-electron chi connectivity index (χ4n) is 3.32. The Morgan fingerprint density at radius 1 is 0.906 bits per heavy atom. The summed E-state index contributed by atoms with van der Waals surface area (Å²) in [6, 6.07) is 23.6. The molecule has 0 fully saturated rings. The Bertz CT molecular complexity index is 1360. The minimum absolute atomic E-state index is 0.377. The molecule has 0 bridgehead atoms. The smallest absolute Gasteiger partial charge is 0.320 e. The topological polar surface area (TPSA) is 86.0 Å². The average Bonchev–Trinajstić information content (AvgIpc) is 2.81. The molecule has 1 N–H and O–H groups in total. The first-order valence-electron chi connectivity index (χ1n) is 9.89. The second-order valence-electron chi connectivity index (χ2n) is 7.10. The van der Waals surface area contributed by atoms with Crippen LogP contribution in [0.4, 0.5) is 5.69 Å². The van der Waals surface area contributed by atoms with Crippen molar-refractivity contribution in [2.75, 3.05) is 5.32 Å². The lowest BCUT2D eigenvalue weighted by Gasteiger charge is -2.17. The molecule has 1 atom stereocenters. The number of carbonyl (C=O) groups is 1. The number of aromatic nitrogens is 3. The number of hydrogen-bond donors (Lipinski definition) is 1. The third-order valence-electron chi connectivity index (χ3n) is 5.00. The molecule has 0 saturated heterocycles. The standard InChI is InChI=1S/C24H19ClN4O3/c1-16(17-8-4-2-5-9-17)28-23(31)21(22(30)26-19-10-6-3-7-11-19)27-29(24(28)32)20-14-12-18(25)13-15-20/h2-16H,1H3,(H,26,30). The lowest BCUT2D eigenvalue weighted by molar-refractivity contribution is 0.101. The molecule has 0 saturated carbocycles. The molecule has 7 nitrogen and oxygen atoms in total. The van der Waals surface area contributed by atoms with Gasteiger partial charge in [0.15, 0.2) is 0 Å². The Morgan fingerprint density at radius 3 is 2.12 bits per heavy atom. The van der Waals surface area contributed by atoms with Crippen molar-refractivity contribution in [1.29, 1.82) is 0 Å². The van der Waals surface area contributed by atoms with Crippen LogP contribution in [0.15, 0.2) is 94.5 Å². The van der Waals surface area contributed by atoms with E-state index in [9.17, 15) is 14.4 Å². The van der Waals surface area contributed by atoms with Gasteiger partial charge in [-0.1, -0.05) is 60.1 Å². The molecule has 0 radical (unpaired) electrons. The van der Waals surface area contributed by atoms with Crippen LogP contribution in [-0.4, -0.2) is 20.3 Å². The number of carbonyl (C=O) groups excluding carboxylic acids is 1. The number of nitrogens with one attached hydrogen (secondary N) is 1. The normalized spacial score (nSPS) is 11.7. The molecule has 4 rings (SSSR count). The van der Waals surface area contributed by atoms with Gasteiger partial charge in [0.1, 0.15) is 0 Å². The van der Waals surface area contributed by atoms with E-state index in [1.165, 1.54) is 0 Å². The Balaban J connectivity index is 1.90. The van der Waals surface area contributed by atoms with Crippen LogP contribution in [0.1, 0.15) is 29.0 Å². The van der Waals surface area contributed by atoms with E-state index in [1.807, 2.05) is 36.4 Å². The largest absolute Gasteiger partial charge is 0.352 e. The molecular weight excluding hydrogens is 428 g/mol. The van der Waals surface area contributed by atoms with Crippen molar-refractivity contribution in [1.82, 2.24) is 14.3 Å². The maximum Gasteiger partial charge on any atom is 0.352 e. The number of benzene rings is 3. The second kappa shape index (κ2) is 9.03. The molecule has 160 valence electrons. The van der Waals surface area contributed by atoms with Gasteiger partial charge < -0.3 is 5.32 Å². The van der Waals surface area contributed by atoms with Crippen molar-refractivity contribution >= 4 is 23.2 Å². The Hall–Kier alpha value is -3.97. The van der Waals surface area contributed by atoms with Crippen LogP contribution in [0.5, 0.6) is 0 Å². The summed E-state index contributed by atoms with van der Waals surface area (Å²) < 4.78 is 2.08. The number of anilines is 1. The van der Waals surface area contributed by atoms with Crippen LogP contribution in [0.2, 0.25) is 5.02 Å². The summed E-state index contributed by atoms with van der Waals surface area (Å²) in [5, 5.41) is 7.26. The molecular formula is C24H19ClN4O3. The quantitative estimate of drug-likeness (QED) is 0.503. The predicted octanol–water partition coefficient (Wildman–Crippen LogP) is 3.91. The van der Waals surface area contributed by atoms with Gasteiger partial charge in [-0.05, 0) is 48.9 Å². The average molecular weight is 447 g/mol. The number of rotatable bonds is 5. The van der Waals surface area contributed by atoms with Crippen LogP contribution in [0.25, 0.3) is 5.69 Å². The number of amides is 1. The minimum atomic E-state index is -0.773. The molecule has 8 heteroatoms. The van der Waals surface area contributed by atoms with Gasteiger partial charge in [-0.2, -0.15) is 9.78 Å². The molecule has 0 aliphatic rings. The summed E-state index contributed by atoms with van der Waals surface area (Å²) in [5.41, 5.74) is -0.205. The third kappa shape index (κ3) is 4.24. The molecule has 0 aliphatic carbocycles. The van der Waals surface area contributed by atoms with E-state index in [1.54, 1.807) is 55.5 Å². The van der Waals surface area contributed by atoms with Gasteiger partial charge in [0.25, 0.3) is 11.5 Å². The van der Waals surface area contributed by atoms with Gasteiger partial charge in [-0.15, -0.1) is 0 Å². The summed E-state index contributed by atoms with van der Waals surface area (Å²) in [4.78, 5) is 39.6. The van der Waals surface area contributed by atoms with Crippen LogP contribution in [0, 0.1) is 0 Å². The molecule has 0 spiro atoms. The third-order valence-corrected chi connectivity index (χ3v) is 5.25. The molecule has 4 aromatic rings. The van der Waals surface area contributed by atoms with Crippen LogP contribution in [0.3, 0.4) is 0 Å². The lowest BCUT2D eigenvalue weighted by atomic mass is 10.1. The first kappa shape index (κ1) is 21.3. The van der Waals surface area contributed by atoms with Gasteiger partial charge in [0.2, 0.25) is 5.69 Å². The van der Waals surface area contributed by atoms with E-state index >= 15 is 0 Å². The minimum Gasteiger partial charge on any atom is -0.320 e. The highest BCUT2D eigenvalue weighted by Crippen LogP contribution is 2.16. The zero-order valence-corrected chi connectivity index (χ0v) is 17.9. The van der Waals surface area contributed by atoms with Gasteiger partial charge in [-0.3, -0.25) is 9.59 Å². The van der Waals surface area contributed by atoms with Gasteiger partial charge in [-0.25, -0.2) is 9.36 Å². The van der Waals surface area contributed by atoms with Crippen molar-refractivity contribution in [2.45, 2.75) is 13.0 Å². The number of halogens is 1. The molecule has 1 aromatic heterocycles. The second-order valence-corrected chi connectivity index (χ2v) is 7.54. The van der Waals surface area contributed by atoms with E-state index in [0.29, 0.717) is 16.4 Å². The molecule has 1 amide bonds. The molecule has 0 aliphatic heterocycles. The van der Waals surface area contributed by atoms with Crippen molar-refractivity contribution in [3.63, 3.8) is 0 Å². The van der Waals surface area contributed by atoms with Gasteiger partial charge in [0.05, 0.1) is 11.7 Å². The van der Waals surface area contributed by atoms with E-state index in [4.69, 9.17) is 11.6 Å². The summed E-state index contributed by atoms with van der Waals surface area (Å²) in [6.45, 7) is 1.73. The van der Waals surface area contributed by atoms with Crippen molar-refractivity contribution in [2.24, 2.45) is 0 Å². The van der Waals surface area contributed by atoms with Crippen LogP contribution in [-0.2, 0) is 0 Å². The fraction of sp³-hybridized carbons (Fsp3) is 0.0833. The Labute approximate surface area is 188 Å². The highest BCUT2D eigenvalue weighted by atomic mass is 35.5. The first-order chi connectivity index (χ1) is 15.5. The molecule has 32 heavy (non-hydrogen) atoms. The van der Waals surface area contributed by atoms with E-state index in [-0.39, 0.29) is 0 Å². The molecule has 1 heterocycles. The molecule has 3 aromatic carbocycles. The lowest BCUT2D eigenvalue weighted by Crippen LogP contribution is -2.46. The summed E-state index contributed by atoms with van der Waals surface area (Å²) in [6.07, 6.45) is 0. The zero-order chi connectivity index (χ0) is 22.7. The van der Waals surface area contributed by atoms with Gasteiger partial charge >= 0.3 is 5.69 Å². The highest BCUT2D eigenvalue weighted by Gasteiger charge is 2.23. The monoisotopic (exact) mass is 446 g/mol. The van der Waals surface area contributed by atoms with Gasteiger partial charge in [0, 0.05) is 10.7 Å². The maximum absolute atomic E-state index is 13.3. The first-order valence-corrected chi connectivity index (χ1v) is 10.3. The SMILES string of the molecule is CC(c1ccccc1)n1c(=O)c(C(=O)Nc2ccccc2)nn(-c2ccc(Cl)cc2)c1=O. The molecule has 1 unspecified atom stereocenters. The van der Waals surface area contributed by atoms with Crippen molar-refractivity contribution in [3.05, 3.63) is 122 Å². The summed E-state index contributed by atoms with van der Waals surface area (Å²) in [5.74, 6) is -0.710. The number of para-hydroxylation sites is 1. The Morgan fingerprint density at radius 2 is 1.50 bits per heavy atom. The van der Waals surface area contributed by atoms with E-state index in [0.717, 1.165) is 14.8 Å². The van der Waals surface area contributed by atoms with Crippen LogP contribution >= 0.6 is 11.6 Å².